The number of hydrogen-bond acceptors (Lipinski definition) is 4. The Morgan fingerprint density at radius 1 is 1.20 bits per heavy atom. The monoisotopic (exact) mass is 356 g/mol. The van der Waals surface area contributed by atoms with E-state index >= 15 is 0 Å². The van der Waals surface area contributed by atoms with Crippen molar-refractivity contribution in [2.45, 2.75) is 0 Å². The van der Waals surface area contributed by atoms with Crippen molar-refractivity contribution in [3.8, 4) is 11.5 Å². The maximum absolute atomic E-state index is 13.7. The van der Waals surface area contributed by atoms with Gasteiger partial charge in [-0.05, 0) is 24.3 Å². The Kier molecular flexibility index (Phi) is 3.31. The lowest BCUT2D eigenvalue weighted by Crippen LogP contribution is -1.96. The molecule has 3 aromatic rings. The molecule has 1 heterocycles. The van der Waals surface area contributed by atoms with Crippen LogP contribution in [0, 0.1) is 11.6 Å². The third-order valence-electron chi connectivity index (χ3n) is 2.68. The second kappa shape index (κ2) is 4.99. The van der Waals surface area contributed by atoms with Gasteiger partial charge in [0.15, 0.2) is 17.3 Å². The minimum absolute atomic E-state index is 0.236. The number of hydrogen-bond donors (Lipinski definition) is 1. The molecule has 0 fully saturated rings. The number of benzene rings is 2. The van der Waals surface area contributed by atoms with E-state index in [9.17, 15) is 8.78 Å². The van der Waals surface area contributed by atoms with Crippen LogP contribution in [-0.2, 0) is 0 Å². The van der Waals surface area contributed by atoms with Crippen molar-refractivity contribution in [2.75, 3.05) is 5.73 Å². The Morgan fingerprint density at radius 2 is 2.00 bits per heavy atom. The van der Waals surface area contributed by atoms with Gasteiger partial charge in [-0.25, -0.2) is 9.37 Å². The molecule has 0 aliphatic rings. The number of anilines is 1. The number of aromatic nitrogens is 1. The molecule has 0 spiro atoms. The van der Waals surface area contributed by atoms with Crippen LogP contribution in [0.25, 0.3) is 10.2 Å². The number of halogens is 3. The quantitative estimate of drug-likeness (QED) is 0.534. The van der Waals surface area contributed by atoms with Crippen molar-refractivity contribution < 1.29 is 13.5 Å². The zero-order valence-corrected chi connectivity index (χ0v) is 12.3. The average molecular weight is 357 g/mol. The third-order valence-corrected chi connectivity index (χ3v) is 3.93. The molecule has 3 rings (SSSR count). The van der Waals surface area contributed by atoms with Crippen LogP contribution in [0.5, 0.6) is 11.5 Å². The van der Waals surface area contributed by atoms with Crippen LogP contribution in [0.15, 0.2) is 34.2 Å². The summed E-state index contributed by atoms with van der Waals surface area (Å²) in [7, 11) is 0. The van der Waals surface area contributed by atoms with E-state index in [4.69, 9.17) is 10.5 Å². The van der Waals surface area contributed by atoms with Crippen LogP contribution in [0.3, 0.4) is 0 Å². The van der Waals surface area contributed by atoms with Crippen LogP contribution in [0.4, 0.5) is 14.5 Å². The highest BCUT2D eigenvalue weighted by Crippen LogP contribution is 2.36. The molecule has 2 aromatic carbocycles. The second-order valence-electron chi connectivity index (χ2n) is 3.98. The van der Waals surface area contributed by atoms with Gasteiger partial charge in [0.05, 0.1) is 10.2 Å². The summed E-state index contributed by atoms with van der Waals surface area (Å²) in [5, 5.41) is 0. The molecule has 0 aliphatic carbocycles. The van der Waals surface area contributed by atoms with Gasteiger partial charge in [-0.3, -0.25) is 0 Å². The summed E-state index contributed by atoms with van der Waals surface area (Å²) in [5.41, 5.74) is 8.47. The molecule has 102 valence electrons. The van der Waals surface area contributed by atoms with Crippen LogP contribution >= 0.6 is 27.3 Å². The first-order valence-electron chi connectivity index (χ1n) is 5.50. The third kappa shape index (κ3) is 2.23. The number of nitrogen functional groups attached to an aromatic ring is 1. The first kappa shape index (κ1) is 13.3. The highest BCUT2D eigenvalue weighted by Gasteiger charge is 2.15. The van der Waals surface area contributed by atoms with Gasteiger partial charge in [0.1, 0.15) is 11.2 Å². The predicted octanol–water partition coefficient (Wildman–Crippen LogP) is 4.71. The Labute approximate surface area is 125 Å². The number of thiazole rings is 1. The van der Waals surface area contributed by atoms with E-state index in [1.807, 2.05) is 0 Å². The molecule has 7 heteroatoms. The summed E-state index contributed by atoms with van der Waals surface area (Å²) >= 11 is 4.52. The van der Waals surface area contributed by atoms with E-state index in [1.54, 1.807) is 17.6 Å². The van der Waals surface area contributed by atoms with Crippen molar-refractivity contribution >= 4 is 43.2 Å². The zero-order valence-electron chi connectivity index (χ0n) is 9.86. The molecule has 0 bridgehead atoms. The van der Waals surface area contributed by atoms with Crippen molar-refractivity contribution in [1.29, 1.82) is 0 Å². The normalized spacial score (nSPS) is 10.9. The van der Waals surface area contributed by atoms with Crippen LogP contribution < -0.4 is 10.5 Å². The van der Waals surface area contributed by atoms with Gasteiger partial charge in [-0.1, -0.05) is 15.9 Å². The summed E-state index contributed by atoms with van der Waals surface area (Å²) in [6.07, 6.45) is 0. The predicted molar refractivity (Wildman–Crippen MR) is 78.2 cm³/mol. The van der Waals surface area contributed by atoms with Gasteiger partial charge >= 0.3 is 0 Å². The summed E-state index contributed by atoms with van der Waals surface area (Å²) in [6, 6.07) is 5.73. The van der Waals surface area contributed by atoms with Crippen LogP contribution in [-0.4, -0.2) is 4.98 Å². The maximum atomic E-state index is 13.7. The molecule has 0 radical (unpaired) electrons. The number of nitrogens with zero attached hydrogens (tertiary/aromatic N) is 1. The summed E-state index contributed by atoms with van der Waals surface area (Å²) in [5.74, 6) is -2.06. The van der Waals surface area contributed by atoms with Gasteiger partial charge in [0.2, 0.25) is 5.82 Å². The molecule has 0 amide bonds. The molecule has 2 N–H and O–H groups in total. The first-order valence-corrected chi connectivity index (χ1v) is 7.17. The first-order chi connectivity index (χ1) is 9.56. The fourth-order valence-corrected chi connectivity index (χ4v) is 2.85. The van der Waals surface area contributed by atoms with E-state index in [1.165, 1.54) is 17.4 Å². The highest BCUT2D eigenvalue weighted by molar-refractivity contribution is 9.10. The number of fused-ring (bicyclic) bond motifs is 1. The van der Waals surface area contributed by atoms with Gasteiger partial charge in [-0.15, -0.1) is 11.3 Å². The largest absolute Gasteiger partial charge is 0.452 e. The Balaban J connectivity index is 2.07. The van der Waals surface area contributed by atoms with E-state index in [0.717, 1.165) is 10.8 Å². The Morgan fingerprint density at radius 3 is 2.80 bits per heavy atom. The average Bonchev–Trinajstić information content (AvgIpc) is 2.87. The van der Waals surface area contributed by atoms with Crippen LogP contribution in [0.2, 0.25) is 0 Å². The lowest BCUT2D eigenvalue weighted by molar-refractivity contribution is 0.417. The topological polar surface area (TPSA) is 48.1 Å². The molecular formula is C13H7BrF2N2OS. The van der Waals surface area contributed by atoms with Gasteiger partial charge in [0, 0.05) is 4.47 Å². The van der Waals surface area contributed by atoms with Crippen molar-refractivity contribution in [3.05, 3.63) is 45.9 Å². The molecule has 0 aliphatic heterocycles. The van der Waals surface area contributed by atoms with Crippen molar-refractivity contribution in [1.82, 2.24) is 4.98 Å². The molecule has 20 heavy (non-hydrogen) atoms. The highest BCUT2D eigenvalue weighted by atomic mass is 79.9. The summed E-state index contributed by atoms with van der Waals surface area (Å²) in [4.78, 5) is 4.11. The molecule has 1 aromatic heterocycles. The number of nitrogens with two attached hydrogens (primary N) is 1. The number of rotatable bonds is 2. The zero-order chi connectivity index (χ0) is 14.3. The fraction of sp³-hybridized carbons (Fsp3) is 0. The standard InChI is InChI=1S/C13H7BrF2N2OS/c14-6-3-7(15)11(16)9(4-6)19-8-1-2-10-13(12(8)17)18-5-20-10/h1-5H,17H2. The molecule has 0 saturated carbocycles. The van der Waals surface area contributed by atoms with Crippen molar-refractivity contribution in [3.63, 3.8) is 0 Å². The van der Waals surface area contributed by atoms with Crippen LogP contribution in [0.1, 0.15) is 0 Å². The number of ether oxygens (including phenoxy) is 1. The lowest BCUT2D eigenvalue weighted by Gasteiger charge is -2.10. The van der Waals surface area contributed by atoms with E-state index < -0.39 is 11.6 Å². The summed E-state index contributed by atoms with van der Waals surface area (Å²) < 4.78 is 33.6. The van der Waals surface area contributed by atoms with Gasteiger partial charge in [-0.2, -0.15) is 4.39 Å². The molecule has 0 saturated heterocycles. The SMILES string of the molecule is Nc1c(Oc2cc(Br)cc(F)c2F)ccc2scnc12. The molecular weight excluding hydrogens is 350 g/mol. The van der Waals surface area contributed by atoms with Crippen molar-refractivity contribution in [2.24, 2.45) is 0 Å². The maximum Gasteiger partial charge on any atom is 0.201 e. The fourth-order valence-electron chi connectivity index (χ4n) is 1.75. The minimum Gasteiger partial charge on any atom is -0.452 e. The van der Waals surface area contributed by atoms with E-state index in [0.29, 0.717) is 15.7 Å². The lowest BCUT2D eigenvalue weighted by atomic mass is 10.2. The van der Waals surface area contributed by atoms with Gasteiger partial charge < -0.3 is 10.5 Å². The minimum atomic E-state index is -1.06. The van der Waals surface area contributed by atoms with E-state index in [2.05, 4.69) is 20.9 Å². The Bertz CT molecular complexity index is 806. The second-order valence-corrected chi connectivity index (χ2v) is 5.78. The molecule has 0 unspecified atom stereocenters. The van der Waals surface area contributed by atoms with E-state index in [-0.39, 0.29) is 11.5 Å². The Hall–Kier alpha value is -1.73. The molecule has 3 nitrogen and oxygen atoms in total. The summed E-state index contributed by atoms with van der Waals surface area (Å²) in [6.45, 7) is 0. The molecule has 0 atom stereocenters. The van der Waals surface area contributed by atoms with Gasteiger partial charge in [0.25, 0.3) is 0 Å². The smallest absolute Gasteiger partial charge is 0.201 e.